The Balaban J connectivity index is 2.90. The third-order valence-electron chi connectivity index (χ3n) is 1.68. The zero-order valence-corrected chi connectivity index (χ0v) is 9.69. The average Bonchev–Trinajstić information content (AvgIpc) is 2.10. The molecule has 0 saturated heterocycles. The second-order valence-corrected chi connectivity index (χ2v) is 5.11. The molecule has 0 unspecified atom stereocenters. The smallest absolute Gasteiger partial charge is 0.0553 e. The first-order chi connectivity index (χ1) is 6.15. The lowest BCUT2D eigenvalue weighted by atomic mass is 10.2. The lowest BCUT2D eigenvalue weighted by Crippen LogP contribution is -2.02. The molecule has 13 heavy (non-hydrogen) atoms. The quantitative estimate of drug-likeness (QED) is 0.903. The SMILES string of the molecule is Cc1ccc([S@@](=O)CCO)cc1Br. The van der Waals surface area contributed by atoms with Gasteiger partial charge in [-0.3, -0.25) is 4.21 Å². The number of hydrogen-bond donors (Lipinski definition) is 1. The zero-order valence-electron chi connectivity index (χ0n) is 7.29. The van der Waals surface area contributed by atoms with Crippen molar-refractivity contribution in [3.63, 3.8) is 0 Å². The minimum absolute atomic E-state index is 0.0435. The van der Waals surface area contributed by atoms with E-state index in [1.807, 2.05) is 25.1 Å². The number of benzene rings is 1. The highest BCUT2D eigenvalue weighted by Gasteiger charge is 2.04. The van der Waals surface area contributed by atoms with Crippen molar-refractivity contribution < 1.29 is 9.32 Å². The van der Waals surface area contributed by atoms with Gasteiger partial charge in [-0.05, 0) is 24.6 Å². The fourth-order valence-electron chi connectivity index (χ4n) is 0.916. The van der Waals surface area contributed by atoms with Crippen LogP contribution in [0.5, 0.6) is 0 Å². The van der Waals surface area contributed by atoms with Crippen LogP contribution in [0.25, 0.3) is 0 Å². The molecule has 1 N–H and O–H groups in total. The Labute approximate surface area is 88.6 Å². The van der Waals surface area contributed by atoms with E-state index in [0.717, 1.165) is 14.9 Å². The van der Waals surface area contributed by atoms with E-state index in [1.165, 1.54) is 0 Å². The van der Waals surface area contributed by atoms with Crippen LogP contribution in [0.15, 0.2) is 27.6 Å². The van der Waals surface area contributed by atoms with E-state index in [1.54, 1.807) is 0 Å². The van der Waals surface area contributed by atoms with E-state index in [0.29, 0.717) is 5.75 Å². The van der Waals surface area contributed by atoms with Gasteiger partial charge in [0.25, 0.3) is 0 Å². The van der Waals surface area contributed by atoms with Gasteiger partial charge in [0.05, 0.1) is 23.2 Å². The van der Waals surface area contributed by atoms with Crippen LogP contribution in [-0.4, -0.2) is 21.7 Å². The molecule has 0 radical (unpaired) electrons. The number of aryl methyl sites for hydroxylation is 1. The number of aliphatic hydroxyl groups excluding tert-OH is 1. The molecular weight excluding hydrogens is 252 g/mol. The molecule has 0 aliphatic carbocycles. The largest absolute Gasteiger partial charge is 0.395 e. The molecule has 0 bridgehead atoms. The van der Waals surface area contributed by atoms with Crippen LogP contribution in [0.4, 0.5) is 0 Å². The summed E-state index contributed by atoms with van der Waals surface area (Å²) in [6.07, 6.45) is 0. The lowest BCUT2D eigenvalue weighted by molar-refractivity contribution is 0.321. The lowest BCUT2D eigenvalue weighted by Gasteiger charge is -2.02. The van der Waals surface area contributed by atoms with Crippen LogP contribution >= 0.6 is 15.9 Å². The number of halogens is 1. The molecule has 0 heterocycles. The molecule has 0 aliphatic heterocycles. The second kappa shape index (κ2) is 4.88. The summed E-state index contributed by atoms with van der Waals surface area (Å²) in [5, 5.41) is 8.62. The first-order valence-corrected chi connectivity index (χ1v) is 6.01. The molecule has 4 heteroatoms. The number of hydrogen-bond acceptors (Lipinski definition) is 2. The standard InChI is InChI=1S/C9H11BrO2S/c1-7-2-3-8(6-9(7)10)13(12)5-4-11/h2-3,6,11H,4-5H2,1H3/t13-/m0/s1. The van der Waals surface area contributed by atoms with Gasteiger partial charge >= 0.3 is 0 Å². The first-order valence-electron chi connectivity index (χ1n) is 3.90. The van der Waals surface area contributed by atoms with Crippen LogP contribution in [0.3, 0.4) is 0 Å². The van der Waals surface area contributed by atoms with Crippen molar-refractivity contribution in [1.82, 2.24) is 0 Å². The highest BCUT2D eigenvalue weighted by molar-refractivity contribution is 9.10. The van der Waals surface area contributed by atoms with E-state index in [4.69, 9.17) is 5.11 Å². The number of rotatable bonds is 3. The number of aliphatic hydroxyl groups is 1. The summed E-state index contributed by atoms with van der Waals surface area (Å²) in [5.41, 5.74) is 1.12. The van der Waals surface area contributed by atoms with Crippen molar-refractivity contribution in [2.24, 2.45) is 0 Å². The summed E-state index contributed by atoms with van der Waals surface area (Å²) in [4.78, 5) is 0.756. The molecule has 0 spiro atoms. The Bertz CT molecular complexity index is 325. The molecule has 0 aliphatic rings. The zero-order chi connectivity index (χ0) is 9.84. The summed E-state index contributed by atoms with van der Waals surface area (Å²) >= 11 is 3.37. The maximum absolute atomic E-state index is 11.4. The molecule has 72 valence electrons. The first kappa shape index (κ1) is 10.9. The van der Waals surface area contributed by atoms with Gasteiger partial charge in [-0.15, -0.1) is 0 Å². The van der Waals surface area contributed by atoms with Crippen molar-refractivity contribution in [3.05, 3.63) is 28.2 Å². The van der Waals surface area contributed by atoms with Gasteiger partial charge in [-0.2, -0.15) is 0 Å². The van der Waals surface area contributed by atoms with Crippen LogP contribution in [0, 0.1) is 6.92 Å². The second-order valence-electron chi connectivity index (χ2n) is 2.68. The monoisotopic (exact) mass is 262 g/mol. The van der Waals surface area contributed by atoms with Gasteiger partial charge in [-0.1, -0.05) is 22.0 Å². The van der Waals surface area contributed by atoms with Crippen LogP contribution in [-0.2, 0) is 10.8 Å². The van der Waals surface area contributed by atoms with E-state index in [2.05, 4.69) is 15.9 Å². The van der Waals surface area contributed by atoms with Crippen LogP contribution in [0.1, 0.15) is 5.56 Å². The Hall–Kier alpha value is -0.190. The topological polar surface area (TPSA) is 37.3 Å². The molecule has 0 amide bonds. The average molecular weight is 263 g/mol. The highest BCUT2D eigenvalue weighted by Crippen LogP contribution is 2.19. The minimum atomic E-state index is -1.08. The van der Waals surface area contributed by atoms with Gasteiger partial charge < -0.3 is 5.11 Å². The van der Waals surface area contributed by atoms with Gasteiger partial charge in [0.2, 0.25) is 0 Å². The summed E-state index contributed by atoms with van der Waals surface area (Å²) in [5.74, 6) is 0.301. The van der Waals surface area contributed by atoms with Gasteiger partial charge in [0, 0.05) is 9.37 Å². The normalized spacial score (nSPS) is 12.8. The predicted octanol–water partition coefficient (Wildman–Crippen LogP) is 1.86. The molecule has 0 fully saturated rings. The fraction of sp³-hybridized carbons (Fsp3) is 0.333. The Morgan fingerprint density at radius 2 is 2.23 bits per heavy atom. The maximum Gasteiger partial charge on any atom is 0.0553 e. The van der Waals surface area contributed by atoms with E-state index in [9.17, 15) is 4.21 Å². The van der Waals surface area contributed by atoms with E-state index < -0.39 is 10.8 Å². The van der Waals surface area contributed by atoms with Crippen molar-refractivity contribution in [3.8, 4) is 0 Å². The third-order valence-corrected chi connectivity index (χ3v) is 3.87. The summed E-state index contributed by atoms with van der Waals surface area (Å²) in [6.45, 7) is 1.93. The Morgan fingerprint density at radius 3 is 2.77 bits per heavy atom. The van der Waals surface area contributed by atoms with Crippen molar-refractivity contribution in [1.29, 1.82) is 0 Å². The van der Waals surface area contributed by atoms with Crippen LogP contribution < -0.4 is 0 Å². The maximum atomic E-state index is 11.4. The van der Waals surface area contributed by atoms with Crippen molar-refractivity contribution in [2.75, 3.05) is 12.4 Å². The van der Waals surface area contributed by atoms with Gasteiger partial charge in [0.15, 0.2) is 0 Å². The molecule has 1 rings (SSSR count). The predicted molar refractivity (Wildman–Crippen MR) is 57.2 cm³/mol. The molecule has 2 nitrogen and oxygen atoms in total. The third kappa shape index (κ3) is 2.90. The molecule has 0 aromatic heterocycles. The summed E-state index contributed by atoms with van der Waals surface area (Å²) in [6, 6.07) is 5.57. The molecular formula is C9H11BrO2S. The van der Waals surface area contributed by atoms with Crippen molar-refractivity contribution in [2.45, 2.75) is 11.8 Å². The van der Waals surface area contributed by atoms with E-state index in [-0.39, 0.29) is 6.61 Å². The molecule has 0 saturated carbocycles. The van der Waals surface area contributed by atoms with Gasteiger partial charge in [0.1, 0.15) is 0 Å². The summed E-state index contributed by atoms with van der Waals surface area (Å²) in [7, 11) is -1.08. The minimum Gasteiger partial charge on any atom is -0.395 e. The molecule has 1 aromatic rings. The molecule has 1 atom stereocenters. The highest BCUT2D eigenvalue weighted by atomic mass is 79.9. The van der Waals surface area contributed by atoms with Crippen LogP contribution in [0.2, 0.25) is 0 Å². The van der Waals surface area contributed by atoms with Gasteiger partial charge in [-0.25, -0.2) is 0 Å². The van der Waals surface area contributed by atoms with Crippen molar-refractivity contribution >= 4 is 26.7 Å². The Morgan fingerprint density at radius 1 is 1.54 bits per heavy atom. The summed E-state index contributed by atoms with van der Waals surface area (Å²) < 4.78 is 12.4. The molecule has 1 aromatic carbocycles. The Kier molecular flexibility index (Phi) is 4.09. The fourth-order valence-corrected chi connectivity index (χ4v) is 2.32. The van der Waals surface area contributed by atoms with E-state index >= 15 is 0 Å².